The second-order valence-electron chi connectivity index (χ2n) is 6.82. The lowest BCUT2D eigenvalue weighted by Crippen LogP contribution is -2.23. The second kappa shape index (κ2) is 11.6. The summed E-state index contributed by atoms with van der Waals surface area (Å²) in [5.41, 5.74) is 1.66. The van der Waals surface area contributed by atoms with Crippen molar-refractivity contribution in [3.63, 3.8) is 0 Å². The van der Waals surface area contributed by atoms with Gasteiger partial charge in [-0.2, -0.15) is 0 Å². The molecule has 1 aliphatic heterocycles. The Hall–Kier alpha value is -1.71. The van der Waals surface area contributed by atoms with E-state index in [9.17, 15) is 10.2 Å². The van der Waals surface area contributed by atoms with Crippen LogP contribution in [0.3, 0.4) is 0 Å². The maximum atomic E-state index is 10.5. The third-order valence-corrected chi connectivity index (χ3v) is 4.98. The molecule has 0 aliphatic carbocycles. The molecule has 7 nitrogen and oxygen atoms in total. The summed E-state index contributed by atoms with van der Waals surface area (Å²) in [6.07, 6.45) is -1.25. The largest absolute Gasteiger partial charge is 0.493 e. The molecule has 30 heavy (non-hydrogen) atoms. The molecule has 0 saturated carbocycles. The highest BCUT2D eigenvalue weighted by Crippen LogP contribution is 2.38. The summed E-state index contributed by atoms with van der Waals surface area (Å²) in [5.74, 6) is 2.38. The Morgan fingerprint density at radius 3 is 2.57 bits per heavy atom. The van der Waals surface area contributed by atoms with E-state index in [4.69, 9.17) is 18.9 Å². The summed E-state index contributed by atoms with van der Waals surface area (Å²) >= 11 is 3.51. The van der Waals surface area contributed by atoms with Crippen LogP contribution in [0.4, 0.5) is 0 Å². The number of hydrogen-bond acceptors (Lipinski definition) is 7. The minimum Gasteiger partial charge on any atom is -0.493 e. The van der Waals surface area contributed by atoms with E-state index in [-0.39, 0.29) is 19.0 Å². The molecule has 0 saturated heterocycles. The molecule has 0 spiro atoms. The van der Waals surface area contributed by atoms with Crippen LogP contribution < -0.4 is 24.3 Å². The Bertz CT molecular complexity index is 835. The number of halogens is 2. The smallest absolute Gasteiger partial charge is 0.175 e. The van der Waals surface area contributed by atoms with Gasteiger partial charge in [0.15, 0.2) is 23.0 Å². The zero-order valence-corrected chi connectivity index (χ0v) is 19.3. The molecular formula is C21H27BrClNO6. The number of fused-ring (bicyclic) bond motifs is 1. The van der Waals surface area contributed by atoms with Crippen LogP contribution in [0.1, 0.15) is 24.2 Å². The number of ether oxygens (including phenoxy) is 4. The van der Waals surface area contributed by atoms with Crippen LogP contribution in [0.25, 0.3) is 0 Å². The Balaban J connectivity index is 0.00000320. The molecule has 0 aromatic heterocycles. The van der Waals surface area contributed by atoms with E-state index in [1.165, 1.54) is 0 Å². The lowest BCUT2D eigenvalue weighted by atomic mass is 10.1. The van der Waals surface area contributed by atoms with Crippen LogP contribution in [0, 0.1) is 0 Å². The first-order valence-electron chi connectivity index (χ1n) is 9.43. The number of methoxy groups -OCH3 is 1. The number of nitrogens with one attached hydrogen (secondary N) is 1. The van der Waals surface area contributed by atoms with Crippen molar-refractivity contribution in [3.8, 4) is 23.0 Å². The van der Waals surface area contributed by atoms with Crippen molar-refractivity contribution in [2.24, 2.45) is 0 Å². The predicted molar refractivity (Wildman–Crippen MR) is 119 cm³/mol. The molecule has 0 bridgehead atoms. The van der Waals surface area contributed by atoms with Gasteiger partial charge in [-0.25, -0.2) is 0 Å². The average molecular weight is 505 g/mol. The van der Waals surface area contributed by atoms with Crippen LogP contribution in [0.15, 0.2) is 34.8 Å². The van der Waals surface area contributed by atoms with E-state index < -0.39 is 12.2 Å². The molecule has 1 aliphatic rings. The van der Waals surface area contributed by atoms with Crippen LogP contribution in [-0.4, -0.2) is 49.8 Å². The van der Waals surface area contributed by atoms with Gasteiger partial charge in [-0.3, -0.25) is 0 Å². The number of benzene rings is 2. The van der Waals surface area contributed by atoms with Gasteiger partial charge in [0.05, 0.1) is 17.7 Å². The molecule has 2 atom stereocenters. The summed E-state index contributed by atoms with van der Waals surface area (Å²) in [6, 6.07) is 9.14. The standard InChI is InChI=1S/C21H26BrNO6.ClH/c1-13(24)10-23-11-14-7-16(22)21(20(8-14)26-2)29-12-17(25)15-3-4-18-19(9-15)28-6-5-27-18;/h3-4,7-9,13,17,23-25H,5-6,10-12H2,1-2H3;1H. The van der Waals surface area contributed by atoms with Crippen molar-refractivity contribution in [1.82, 2.24) is 5.32 Å². The van der Waals surface area contributed by atoms with E-state index in [0.717, 1.165) is 10.0 Å². The molecular weight excluding hydrogens is 478 g/mol. The van der Waals surface area contributed by atoms with Gasteiger partial charge in [0.1, 0.15) is 25.9 Å². The van der Waals surface area contributed by atoms with Crippen LogP contribution in [-0.2, 0) is 6.54 Å². The second-order valence-corrected chi connectivity index (χ2v) is 7.67. The van der Waals surface area contributed by atoms with Crippen LogP contribution in [0.5, 0.6) is 23.0 Å². The number of hydrogen-bond donors (Lipinski definition) is 3. The summed E-state index contributed by atoms with van der Waals surface area (Å²) < 4.78 is 23.1. The molecule has 2 aromatic carbocycles. The molecule has 2 aromatic rings. The van der Waals surface area contributed by atoms with Gasteiger partial charge in [-0.05, 0) is 58.2 Å². The number of aliphatic hydroxyl groups is 2. The van der Waals surface area contributed by atoms with Crippen molar-refractivity contribution in [1.29, 1.82) is 0 Å². The molecule has 3 N–H and O–H groups in total. The zero-order valence-electron chi connectivity index (χ0n) is 16.9. The van der Waals surface area contributed by atoms with Crippen molar-refractivity contribution in [3.05, 3.63) is 45.9 Å². The van der Waals surface area contributed by atoms with Crippen molar-refractivity contribution >= 4 is 28.3 Å². The van der Waals surface area contributed by atoms with Gasteiger partial charge in [-0.15, -0.1) is 12.4 Å². The van der Waals surface area contributed by atoms with E-state index in [2.05, 4.69) is 21.2 Å². The maximum absolute atomic E-state index is 10.5. The van der Waals surface area contributed by atoms with Crippen molar-refractivity contribution in [2.75, 3.05) is 33.5 Å². The van der Waals surface area contributed by atoms with Gasteiger partial charge >= 0.3 is 0 Å². The quantitative estimate of drug-likeness (QED) is 0.483. The Kier molecular flexibility index (Phi) is 9.51. The summed E-state index contributed by atoms with van der Waals surface area (Å²) in [4.78, 5) is 0. The van der Waals surface area contributed by atoms with Crippen molar-refractivity contribution < 1.29 is 29.2 Å². The first kappa shape index (κ1) is 24.6. The normalized spacial score (nSPS) is 14.4. The minimum atomic E-state index is -0.838. The fourth-order valence-electron chi connectivity index (χ4n) is 2.97. The SMILES string of the molecule is COc1cc(CNCC(C)O)cc(Br)c1OCC(O)c1ccc2c(c1)OCCO2.Cl. The minimum absolute atomic E-state index is 0. The number of aliphatic hydroxyl groups excluding tert-OH is 2. The summed E-state index contributed by atoms with van der Waals surface area (Å²) in [7, 11) is 1.57. The Morgan fingerprint density at radius 2 is 1.87 bits per heavy atom. The van der Waals surface area contributed by atoms with Gasteiger partial charge in [0.25, 0.3) is 0 Å². The molecule has 166 valence electrons. The monoisotopic (exact) mass is 503 g/mol. The van der Waals surface area contributed by atoms with Crippen LogP contribution >= 0.6 is 28.3 Å². The first-order valence-corrected chi connectivity index (χ1v) is 10.2. The highest BCUT2D eigenvalue weighted by molar-refractivity contribution is 9.10. The maximum Gasteiger partial charge on any atom is 0.175 e. The third kappa shape index (κ3) is 6.39. The Labute approximate surface area is 190 Å². The molecule has 0 fully saturated rings. The molecule has 2 unspecified atom stereocenters. The molecule has 1 heterocycles. The van der Waals surface area contributed by atoms with Gasteiger partial charge < -0.3 is 34.5 Å². The third-order valence-electron chi connectivity index (χ3n) is 4.39. The number of rotatable bonds is 9. The summed E-state index contributed by atoms with van der Waals surface area (Å²) in [6.45, 7) is 3.88. The van der Waals surface area contributed by atoms with Crippen molar-refractivity contribution in [2.45, 2.75) is 25.7 Å². The van der Waals surface area contributed by atoms with E-state index in [1.54, 1.807) is 32.2 Å². The topological polar surface area (TPSA) is 89.4 Å². The highest BCUT2D eigenvalue weighted by atomic mass is 79.9. The van der Waals surface area contributed by atoms with E-state index in [1.807, 2.05) is 12.1 Å². The Morgan fingerprint density at radius 1 is 1.13 bits per heavy atom. The highest BCUT2D eigenvalue weighted by Gasteiger charge is 2.18. The predicted octanol–water partition coefficient (Wildman–Crippen LogP) is 3.23. The lowest BCUT2D eigenvalue weighted by molar-refractivity contribution is 0.105. The van der Waals surface area contributed by atoms with E-state index in [0.29, 0.717) is 54.9 Å². The molecule has 3 rings (SSSR count). The van der Waals surface area contributed by atoms with Crippen LogP contribution in [0.2, 0.25) is 0 Å². The fraction of sp³-hybridized carbons (Fsp3) is 0.429. The van der Waals surface area contributed by atoms with Gasteiger partial charge in [-0.1, -0.05) is 6.07 Å². The van der Waals surface area contributed by atoms with Gasteiger partial charge in [0, 0.05) is 13.1 Å². The van der Waals surface area contributed by atoms with Gasteiger partial charge in [0.2, 0.25) is 0 Å². The molecule has 0 amide bonds. The average Bonchev–Trinajstić information content (AvgIpc) is 2.71. The molecule has 0 radical (unpaired) electrons. The lowest BCUT2D eigenvalue weighted by Gasteiger charge is -2.21. The van der Waals surface area contributed by atoms with E-state index >= 15 is 0 Å². The molecule has 9 heteroatoms. The zero-order chi connectivity index (χ0) is 20.8. The fourth-order valence-corrected chi connectivity index (χ4v) is 3.57. The summed E-state index contributed by atoms with van der Waals surface area (Å²) in [5, 5.41) is 23.1. The first-order chi connectivity index (χ1) is 14.0.